The van der Waals surface area contributed by atoms with E-state index in [1.54, 1.807) is 0 Å². The summed E-state index contributed by atoms with van der Waals surface area (Å²) >= 11 is 0. The highest BCUT2D eigenvalue weighted by atomic mass is 19.3. The van der Waals surface area contributed by atoms with Crippen molar-refractivity contribution in [3.63, 3.8) is 0 Å². The first-order chi connectivity index (χ1) is 5.00. The topological polar surface area (TPSA) is 12.0 Å². The highest BCUT2D eigenvalue weighted by molar-refractivity contribution is 4.78. The van der Waals surface area contributed by atoms with Crippen LogP contribution >= 0.6 is 0 Å². The van der Waals surface area contributed by atoms with Crippen LogP contribution in [-0.2, 0) is 0 Å². The molecule has 3 heteroatoms. The molecule has 0 aromatic carbocycles. The summed E-state index contributed by atoms with van der Waals surface area (Å²) in [6.07, 6.45) is 1.27. The monoisotopic (exact) mass is 150 g/mol. The van der Waals surface area contributed by atoms with Crippen molar-refractivity contribution in [3.8, 4) is 0 Å². The van der Waals surface area contributed by atoms with Gasteiger partial charge in [-0.15, -0.1) is 0 Å². The summed E-state index contributed by atoms with van der Waals surface area (Å²) in [5.41, 5.74) is 0. The van der Waals surface area contributed by atoms with E-state index in [-0.39, 0.29) is 6.54 Å². The average molecular weight is 150 g/mol. The third-order valence-electron chi connectivity index (χ3n) is 1.94. The van der Waals surface area contributed by atoms with Crippen LogP contribution in [0.4, 0.5) is 8.78 Å². The molecule has 1 fully saturated rings. The van der Waals surface area contributed by atoms with Gasteiger partial charge < -0.3 is 5.31 Å². The van der Waals surface area contributed by atoms with E-state index in [0.717, 1.165) is 13.3 Å². The Morgan fingerprint density at radius 1 is 1.70 bits per heavy atom. The predicted molar refractivity (Wildman–Crippen MR) is 36.2 cm³/mol. The summed E-state index contributed by atoms with van der Waals surface area (Å²) in [4.78, 5) is 0. The Kier molecular flexibility index (Phi) is 1.84. The van der Waals surface area contributed by atoms with E-state index in [9.17, 15) is 8.78 Å². The zero-order valence-electron chi connectivity index (χ0n) is 7.11. The second kappa shape index (κ2) is 2.82. The number of alkyl halides is 2. The van der Waals surface area contributed by atoms with Crippen molar-refractivity contribution in [1.82, 2.24) is 5.31 Å². The van der Waals surface area contributed by atoms with Gasteiger partial charge in [-0.3, -0.25) is 0 Å². The van der Waals surface area contributed by atoms with Crippen molar-refractivity contribution in [2.45, 2.75) is 25.7 Å². The Morgan fingerprint density at radius 3 is 2.80 bits per heavy atom. The lowest BCUT2D eigenvalue weighted by atomic mass is 9.94. The minimum absolute atomic E-state index is 0.212. The molecule has 1 saturated heterocycles. The maximum atomic E-state index is 12.7. The zero-order chi connectivity index (χ0) is 8.48. The van der Waals surface area contributed by atoms with Crippen LogP contribution in [0.2, 0.25) is 1.41 Å². The Hall–Kier alpha value is -0.180. The van der Waals surface area contributed by atoms with Gasteiger partial charge in [0, 0.05) is 12.5 Å². The first-order valence-corrected chi connectivity index (χ1v) is 3.62. The van der Waals surface area contributed by atoms with Crippen molar-refractivity contribution in [3.05, 3.63) is 0 Å². The lowest BCUT2D eigenvalue weighted by molar-refractivity contribution is -0.0474. The molecular weight excluding hydrogens is 136 g/mol. The summed E-state index contributed by atoms with van der Waals surface area (Å²) in [7, 11) is 0. The molecule has 0 aliphatic carbocycles. The van der Waals surface area contributed by atoms with Crippen molar-refractivity contribution in [1.29, 1.82) is 0 Å². The molecule has 1 rings (SSSR count). The van der Waals surface area contributed by atoms with Gasteiger partial charge in [0.1, 0.15) is 1.41 Å². The Bertz CT molecular complexity index is 135. The lowest BCUT2D eigenvalue weighted by Crippen LogP contribution is -2.38. The van der Waals surface area contributed by atoms with Gasteiger partial charge in [0.05, 0.1) is 0 Å². The molecule has 60 valence electrons. The number of piperidine rings is 1. The number of nitrogens with one attached hydrogen (secondary N) is 1. The molecule has 1 N–H and O–H groups in total. The van der Waals surface area contributed by atoms with Crippen LogP contribution in [0.25, 0.3) is 0 Å². The Labute approximate surface area is 61.3 Å². The second-order valence-electron chi connectivity index (χ2n) is 2.93. The molecule has 1 heterocycles. The fraction of sp³-hybridized carbons (Fsp3) is 1.00. The minimum Gasteiger partial charge on any atom is -0.316 e. The smallest absolute Gasteiger partial charge is 0.249 e. The fourth-order valence-corrected chi connectivity index (χ4v) is 1.20. The molecule has 0 bridgehead atoms. The lowest BCUT2D eigenvalue weighted by Gasteiger charge is -2.27. The van der Waals surface area contributed by atoms with Crippen LogP contribution in [0.15, 0.2) is 0 Å². The molecule has 0 aromatic rings. The van der Waals surface area contributed by atoms with Gasteiger partial charge in [-0.2, -0.15) is 0 Å². The van der Waals surface area contributed by atoms with Crippen LogP contribution < -0.4 is 5.31 Å². The molecule has 0 saturated carbocycles. The number of halogens is 2. The van der Waals surface area contributed by atoms with Gasteiger partial charge >= 0.3 is 0 Å². The molecule has 10 heavy (non-hydrogen) atoms. The molecular formula is C7H13F2N. The highest BCUT2D eigenvalue weighted by Crippen LogP contribution is 2.28. The van der Waals surface area contributed by atoms with E-state index in [0.29, 0.717) is 13.0 Å². The SMILES string of the molecule is [2H]N1CCC[C@H](C(C)(F)F)C1. The summed E-state index contributed by atoms with van der Waals surface area (Å²) in [6.45, 7) is 1.78. The van der Waals surface area contributed by atoms with E-state index in [1.165, 1.54) is 5.31 Å². The number of rotatable bonds is 1. The van der Waals surface area contributed by atoms with E-state index in [2.05, 4.69) is 0 Å². The van der Waals surface area contributed by atoms with E-state index in [4.69, 9.17) is 1.41 Å². The molecule has 0 radical (unpaired) electrons. The molecule has 1 atom stereocenters. The van der Waals surface area contributed by atoms with E-state index in [1.807, 2.05) is 0 Å². The third-order valence-corrected chi connectivity index (χ3v) is 1.94. The van der Waals surface area contributed by atoms with Gasteiger partial charge in [-0.05, 0) is 26.3 Å². The van der Waals surface area contributed by atoms with Crippen LogP contribution in [0, 0.1) is 5.92 Å². The largest absolute Gasteiger partial charge is 0.316 e. The first-order valence-electron chi connectivity index (χ1n) is 4.06. The maximum absolute atomic E-state index is 12.7. The van der Waals surface area contributed by atoms with Gasteiger partial charge in [0.15, 0.2) is 0 Å². The van der Waals surface area contributed by atoms with Crippen molar-refractivity contribution >= 4 is 0 Å². The van der Waals surface area contributed by atoms with Crippen LogP contribution in [0.3, 0.4) is 0 Å². The van der Waals surface area contributed by atoms with Gasteiger partial charge in [0.25, 0.3) is 0 Å². The maximum Gasteiger partial charge on any atom is 0.249 e. The predicted octanol–water partition coefficient (Wildman–Crippen LogP) is 1.64. The quantitative estimate of drug-likeness (QED) is 0.599. The Morgan fingerprint density at radius 2 is 2.40 bits per heavy atom. The number of hydrogen-bond acceptors (Lipinski definition) is 1. The molecule has 0 aromatic heterocycles. The van der Waals surface area contributed by atoms with Crippen LogP contribution in [-0.4, -0.2) is 19.0 Å². The third kappa shape index (κ3) is 1.90. The van der Waals surface area contributed by atoms with Gasteiger partial charge in [-0.25, -0.2) is 8.78 Å². The van der Waals surface area contributed by atoms with Crippen molar-refractivity contribution in [2.75, 3.05) is 13.1 Å². The van der Waals surface area contributed by atoms with Crippen molar-refractivity contribution < 1.29 is 10.2 Å². The second-order valence-corrected chi connectivity index (χ2v) is 2.93. The summed E-state index contributed by atoms with van der Waals surface area (Å²) in [5, 5.41) is 1.23. The van der Waals surface area contributed by atoms with Gasteiger partial charge in [0.2, 0.25) is 5.92 Å². The molecule has 0 amide bonds. The van der Waals surface area contributed by atoms with E-state index >= 15 is 0 Å². The van der Waals surface area contributed by atoms with Gasteiger partial charge in [-0.1, -0.05) is 0 Å². The zero-order valence-corrected chi connectivity index (χ0v) is 6.11. The Balaban J connectivity index is 2.46. The van der Waals surface area contributed by atoms with Crippen molar-refractivity contribution in [2.24, 2.45) is 5.92 Å². The minimum atomic E-state index is -2.61. The fourth-order valence-electron chi connectivity index (χ4n) is 1.20. The van der Waals surface area contributed by atoms with E-state index < -0.39 is 11.8 Å². The molecule has 0 spiro atoms. The molecule has 1 nitrogen and oxygen atoms in total. The van der Waals surface area contributed by atoms with Crippen LogP contribution in [0.1, 0.15) is 19.8 Å². The molecule has 0 unspecified atom stereocenters. The van der Waals surface area contributed by atoms with Crippen LogP contribution in [0.5, 0.6) is 0 Å². The average Bonchev–Trinajstić information content (AvgIpc) is 1.86. The normalized spacial score (nSPS) is 31.9. The summed E-state index contributed by atoms with van der Waals surface area (Å²) in [5.74, 6) is -3.23. The molecule has 1 aliphatic rings. The highest BCUT2D eigenvalue weighted by Gasteiger charge is 2.34. The standard InChI is InChI=1S/C7H13F2N/c1-7(8,9)6-3-2-4-10-5-6/h6,10H,2-5H2,1H3/t6-/m0/s1/i/hD. The first kappa shape index (κ1) is 6.53. The molecule has 1 aliphatic heterocycles. The summed E-state index contributed by atoms with van der Waals surface area (Å²) in [6, 6.07) is 0. The number of hydrogen-bond donors (Lipinski definition) is 1. The summed E-state index contributed by atoms with van der Waals surface area (Å²) < 4.78 is 32.5.